The summed E-state index contributed by atoms with van der Waals surface area (Å²) in [6.07, 6.45) is 2.19. The van der Waals surface area contributed by atoms with Crippen LogP contribution in [0.1, 0.15) is 18.4 Å². The first-order chi connectivity index (χ1) is 13.8. The first kappa shape index (κ1) is 23.4. The molecule has 0 saturated carbocycles. The number of nitrogens with one attached hydrogen (secondary N) is 2. The molecule has 158 valence electrons. The molecule has 29 heavy (non-hydrogen) atoms. The number of hydrogen-bond acceptors (Lipinski definition) is 4. The number of para-hydroxylation sites is 2. The minimum Gasteiger partial charge on any atom is -0.457 e. The van der Waals surface area contributed by atoms with Gasteiger partial charge in [-0.25, -0.2) is 0 Å². The number of rotatable bonds is 9. The summed E-state index contributed by atoms with van der Waals surface area (Å²) in [6.45, 7) is 3.69. The molecule has 1 unspecified atom stereocenters. The Kier molecular flexibility index (Phi) is 10.8. The highest BCUT2D eigenvalue weighted by molar-refractivity contribution is 14.0. The Morgan fingerprint density at radius 1 is 1.10 bits per heavy atom. The fourth-order valence-corrected chi connectivity index (χ4v) is 2.94. The number of halogens is 1. The van der Waals surface area contributed by atoms with E-state index in [9.17, 15) is 0 Å². The van der Waals surface area contributed by atoms with Crippen LogP contribution >= 0.6 is 24.0 Å². The molecule has 0 aromatic heterocycles. The summed E-state index contributed by atoms with van der Waals surface area (Å²) < 4.78 is 17.1. The molecule has 3 rings (SSSR count). The van der Waals surface area contributed by atoms with Crippen LogP contribution in [0, 0.1) is 0 Å². The molecule has 2 N–H and O–H groups in total. The number of aliphatic imine (C=N–C) groups is 1. The highest BCUT2D eigenvalue weighted by Crippen LogP contribution is 2.24. The summed E-state index contributed by atoms with van der Waals surface area (Å²) in [6, 6.07) is 17.8. The Morgan fingerprint density at radius 2 is 1.90 bits per heavy atom. The topological polar surface area (TPSA) is 64.1 Å². The van der Waals surface area contributed by atoms with Crippen molar-refractivity contribution in [2.24, 2.45) is 4.99 Å². The second-order valence-corrected chi connectivity index (χ2v) is 6.59. The maximum atomic E-state index is 6.01. The highest BCUT2D eigenvalue weighted by atomic mass is 127. The van der Waals surface area contributed by atoms with Crippen molar-refractivity contribution >= 4 is 29.9 Å². The second-order valence-electron chi connectivity index (χ2n) is 6.59. The SMILES string of the molecule is CN=C(NCCCOC1CCOC1)NCc1ccccc1Oc1ccccc1.I. The molecule has 1 fully saturated rings. The van der Waals surface area contributed by atoms with E-state index in [4.69, 9.17) is 14.2 Å². The third kappa shape index (κ3) is 8.20. The van der Waals surface area contributed by atoms with Gasteiger partial charge in [-0.2, -0.15) is 0 Å². The van der Waals surface area contributed by atoms with E-state index in [1.807, 2.05) is 48.5 Å². The molecular weight excluding hydrogens is 481 g/mol. The number of ether oxygens (including phenoxy) is 3. The third-order valence-corrected chi connectivity index (χ3v) is 4.47. The predicted molar refractivity (Wildman–Crippen MR) is 126 cm³/mol. The van der Waals surface area contributed by atoms with Crippen LogP contribution in [0.3, 0.4) is 0 Å². The largest absolute Gasteiger partial charge is 0.457 e. The van der Waals surface area contributed by atoms with E-state index in [2.05, 4.69) is 21.7 Å². The van der Waals surface area contributed by atoms with Gasteiger partial charge in [0.05, 0.1) is 12.7 Å². The lowest BCUT2D eigenvalue weighted by Gasteiger charge is -2.15. The summed E-state index contributed by atoms with van der Waals surface area (Å²) in [5.74, 6) is 2.42. The summed E-state index contributed by atoms with van der Waals surface area (Å²) in [5, 5.41) is 6.66. The van der Waals surface area contributed by atoms with Crippen LogP contribution in [0.4, 0.5) is 0 Å². The van der Waals surface area contributed by atoms with Gasteiger partial charge in [0.25, 0.3) is 0 Å². The molecule has 2 aromatic carbocycles. The van der Waals surface area contributed by atoms with Crippen molar-refractivity contribution in [3.8, 4) is 11.5 Å². The fourth-order valence-electron chi connectivity index (χ4n) is 2.94. The average Bonchev–Trinajstić information content (AvgIpc) is 3.25. The molecule has 0 radical (unpaired) electrons. The Labute approximate surface area is 190 Å². The number of hydrogen-bond donors (Lipinski definition) is 2. The number of benzene rings is 2. The van der Waals surface area contributed by atoms with Gasteiger partial charge in [0, 0.05) is 38.9 Å². The number of nitrogens with zero attached hydrogens (tertiary/aromatic N) is 1. The van der Waals surface area contributed by atoms with Gasteiger partial charge < -0.3 is 24.8 Å². The lowest BCUT2D eigenvalue weighted by molar-refractivity contribution is 0.0420. The third-order valence-electron chi connectivity index (χ3n) is 4.47. The Morgan fingerprint density at radius 3 is 2.66 bits per heavy atom. The van der Waals surface area contributed by atoms with Crippen LogP contribution in [0.25, 0.3) is 0 Å². The zero-order chi connectivity index (χ0) is 19.4. The van der Waals surface area contributed by atoms with Gasteiger partial charge in [-0.1, -0.05) is 36.4 Å². The summed E-state index contributed by atoms with van der Waals surface area (Å²) in [5.41, 5.74) is 1.07. The summed E-state index contributed by atoms with van der Waals surface area (Å²) in [4.78, 5) is 4.28. The van der Waals surface area contributed by atoms with Crippen LogP contribution in [0.2, 0.25) is 0 Å². The van der Waals surface area contributed by atoms with Crippen molar-refractivity contribution in [1.29, 1.82) is 0 Å². The monoisotopic (exact) mass is 511 g/mol. The molecule has 7 heteroatoms. The normalized spacial score (nSPS) is 16.2. The molecule has 6 nitrogen and oxygen atoms in total. The van der Waals surface area contributed by atoms with Crippen molar-refractivity contribution < 1.29 is 14.2 Å². The minimum absolute atomic E-state index is 0. The molecular formula is C22H30IN3O3. The molecule has 0 aliphatic carbocycles. The van der Waals surface area contributed by atoms with E-state index in [-0.39, 0.29) is 30.1 Å². The Hall–Kier alpha value is -1.84. The van der Waals surface area contributed by atoms with Gasteiger partial charge in [0.15, 0.2) is 5.96 Å². The van der Waals surface area contributed by atoms with E-state index in [0.29, 0.717) is 6.54 Å². The van der Waals surface area contributed by atoms with Gasteiger partial charge in [-0.15, -0.1) is 24.0 Å². The van der Waals surface area contributed by atoms with E-state index in [1.54, 1.807) is 7.05 Å². The van der Waals surface area contributed by atoms with Gasteiger partial charge in [0.2, 0.25) is 0 Å². The quantitative estimate of drug-likeness (QED) is 0.231. The fraction of sp³-hybridized carbons (Fsp3) is 0.409. The zero-order valence-corrected chi connectivity index (χ0v) is 19.1. The zero-order valence-electron chi connectivity index (χ0n) is 16.8. The maximum absolute atomic E-state index is 6.01. The van der Waals surface area contributed by atoms with Crippen LogP contribution < -0.4 is 15.4 Å². The van der Waals surface area contributed by atoms with E-state index >= 15 is 0 Å². The number of guanidine groups is 1. The first-order valence-corrected chi connectivity index (χ1v) is 9.80. The predicted octanol–water partition coefficient (Wildman–Crippen LogP) is 3.96. The lowest BCUT2D eigenvalue weighted by Crippen LogP contribution is -2.37. The van der Waals surface area contributed by atoms with E-state index < -0.39 is 0 Å². The van der Waals surface area contributed by atoms with Crippen molar-refractivity contribution in [1.82, 2.24) is 10.6 Å². The second kappa shape index (κ2) is 13.4. The molecule has 0 amide bonds. The van der Waals surface area contributed by atoms with E-state index in [0.717, 1.165) is 62.2 Å². The van der Waals surface area contributed by atoms with Crippen molar-refractivity contribution in [3.05, 3.63) is 60.2 Å². The maximum Gasteiger partial charge on any atom is 0.191 e. The molecule has 0 bridgehead atoms. The van der Waals surface area contributed by atoms with Crippen LogP contribution in [0.5, 0.6) is 11.5 Å². The molecule has 1 heterocycles. The van der Waals surface area contributed by atoms with Crippen molar-refractivity contribution in [3.63, 3.8) is 0 Å². The standard InChI is InChI=1S/C22H29N3O3.HI/c1-23-22(24-13-7-14-27-20-12-15-26-17-20)25-16-18-8-5-6-11-21(18)28-19-9-3-2-4-10-19;/h2-6,8-11,20H,7,12-17H2,1H3,(H2,23,24,25);1H. The van der Waals surface area contributed by atoms with Crippen LogP contribution in [0.15, 0.2) is 59.6 Å². The van der Waals surface area contributed by atoms with Gasteiger partial charge in [-0.3, -0.25) is 4.99 Å². The molecule has 1 aliphatic heterocycles. The van der Waals surface area contributed by atoms with Gasteiger partial charge >= 0.3 is 0 Å². The molecule has 0 spiro atoms. The smallest absolute Gasteiger partial charge is 0.191 e. The lowest BCUT2D eigenvalue weighted by atomic mass is 10.2. The molecule has 2 aromatic rings. The molecule has 1 atom stereocenters. The van der Waals surface area contributed by atoms with Crippen molar-refractivity contribution in [2.75, 3.05) is 33.4 Å². The Bertz CT molecular complexity index is 737. The van der Waals surface area contributed by atoms with Gasteiger partial charge in [-0.05, 0) is 31.0 Å². The highest BCUT2D eigenvalue weighted by Gasteiger charge is 2.15. The molecule has 1 aliphatic rings. The van der Waals surface area contributed by atoms with Crippen LogP contribution in [-0.2, 0) is 16.0 Å². The Balaban J connectivity index is 0.00000300. The van der Waals surface area contributed by atoms with Gasteiger partial charge in [0.1, 0.15) is 11.5 Å². The first-order valence-electron chi connectivity index (χ1n) is 9.80. The summed E-state index contributed by atoms with van der Waals surface area (Å²) >= 11 is 0. The molecule has 1 saturated heterocycles. The van der Waals surface area contributed by atoms with Crippen LogP contribution in [-0.4, -0.2) is 45.5 Å². The summed E-state index contributed by atoms with van der Waals surface area (Å²) in [7, 11) is 1.77. The van der Waals surface area contributed by atoms with Crippen molar-refractivity contribution in [2.45, 2.75) is 25.5 Å². The average molecular weight is 511 g/mol. The minimum atomic E-state index is 0. The van der Waals surface area contributed by atoms with E-state index in [1.165, 1.54) is 0 Å².